The maximum absolute atomic E-state index is 12.1. The van der Waals surface area contributed by atoms with E-state index in [4.69, 9.17) is 4.74 Å². The molecule has 1 atom stereocenters. The summed E-state index contributed by atoms with van der Waals surface area (Å²) in [7, 11) is 0. The van der Waals surface area contributed by atoms with Crippen molar-refractivity contribution < 1.29 is 27.4 Å². The lowest BCUT2D eigenvalue weighted by Gasteiger charge is -2.22. The minimum atomic E-state index is -4.72. The highest BCUT2D eigenvalue weighted by Gasteiger charge is 2.38. The summed E-state index contributed by atoms with van der Waals surface area (Å²) in [5, 5.41) is 0. The van der Waals surface area contributed by atoms with Crippen molar-refractivity contribution in [1.29, 1.82) is 0 Å². The van der Waals surface area contributed by atoms with Crippen LogP contribution in [-0.4, -0.2) is 36.9 Å². The summed E-state index contributed by atoms with van der Waals surface area (Å²) in [6.07, 6.45) is -4.72. The van der Waals surface area contributed by atoms with Gasteiger partial charge < -0.3 is 14.4 Å². The molecule has 0 aromatic heterocycles. The fourth-order valence-electron chi connectivity index (χ4n) is 2.45. The molecule has 0 aliphatic carbocycles. The Morgan fingerprint density at radius 2 is 1.83 bits per heavy atom. The molecule has 1 aromatic rings. The van der Waals surface area contributed by atoms with Gasteiger partial charge in [-0.05, 0) is 35.6 Å². The number of alkyl halides is 3. The topological polar surface area (TPSA) is 38.8 Å². The van der Waals surface area contributed by atoms with E-state index in [-0.39, 0.29) is 23.7 Å². The molecule has 1 saturated heterocycles. The molecular weight excluding hydrogens is 311 g/mol. The average Bonchev–Trinajstić information content (AvgIpc) is 2.70. The first-order chi connectivity index (χ1) is 10.6. The van der Waals surface area contributed by atoms with E-state index in [1.807, 2.05) is 0 Å². The smallest absolute Gasteiger partial charge is 0.484 e. The highest BCUT2D eigenvalue weighted by Crippen LogP contribution is 2.34. The van der Waals surface area contributed by atoms with Gasteiger partial charge >= 0.3 is 6.36 Å². The lowest BCUT2D eigenvalue weighted by atomic mass is 9.84. The summed E-state index contributed by atoms with van der Waals surface area (Å²) >= 11 is 0. The van der Waals surface area contributed by atoms with Crippen molar-refractivity contribution in [2.45, 2.75) is 27.1 Å². The number of amides is 1. The molecule has 128 valence electrons. The normalized spacial score (nSPS) is 20.4. The fraction of sp³-hybridized carbons (Fsp3) is 0.562. The van der Waals surface area contributed by atoms with Gasteiger partial charge in [-0.15, -0.1) is 13.2 Å². The zero-order valence-corrected chi connectivity index (χ0v) is 13.3. The van der Waals surface area contributed by atoms with Crippen LogP contribution in [0.5, 0.6) is 11.5 Å². The molecule has 0 bridgehead atoms. The average molecular weight is 331 g/mol. The van der Waals surface area contributed by atoms with Crippen LogP contribution in [0.3, 0.4) is 0 Å². The summed E-state index contributed by atoms with van der Waals surface area (Å²) in [6, 6.07) is 4.97. The van der Waals surface area contributed by atoms with E-state index < -0.39 is 6.36 Å². The first-order valence-corrected chi connectivity index (χ1v) is 7.33. The zero-order chi connectivity index (χ0) is 17.3. The van der Waals surface area contributed by atoms with E-state index in [2.05, 4.69) is 25.5 Å². The molecule has 1 aliphatic rings. The Morgan fingerprint density at radius 3 is 2.30 bits per heavy atom. The molecule has 23 heavy (non-hydrogen) atoms. The second kappa shape index (κ2) is 6.29. The lowest BCUT2D eigenvalue weighted by molar-refractivity contribution is -0.274. The molecule has 1 heterocycles. The minimum Gasteiger partial charge on any atom is -0.484 e. The molecule has 0 radical (unpaired) electrons. The van der Waals surface area contributed by atoms with Gasteiger partial charge in [-0.3, -0.25) is 4.79 Å². The molecule has 2 rings (SSSR count). The third-order valence-corrected chi connectivity index (χ3v) is 4.20. The molecule has 1 aliphatic heterocycles. The van der Waals surface area contributed by atoms with Gasteiger partial charge in [0.15, 0.2) is 6.61 Å². The number of ether oxygens (including phenoxy) is 2. The van der Waals surface area contributed by atoms with Crippen LogP contribution >= 0.6 is 0 Å². The second-order valence-corrected chi connectivity index (χ2v) is 6.47. The van der Waals surface area contributed by atoms with Gasteiger partial charge in [-0.1, -0.05) is 20.8 Å². The van der Waals surface area contributed by atoms with E-state index in [1.54, 1.807) is 4.90 Å². The maximum Gasteiger partial charge on any atom is 0.573 e. The van der Waals surface area contributed by atoms with Gasteiger partial charge in [0.05, 0.1) is 0 Å². The number of halogens is 3. The summed E-state index contributed by atoms with van der Waals surface area (Å²) in [5.74, 6) is 0.272. The first kappa shape index (κ1) is 17.4. The van der Waals surface area contributed by atoms with Crippen LogP contribution in [0.4, 0.5) is 13.2 Å². The van der Waals surface area contributed by atoms with Crippen LogP contribution in [0.15, 0.2) is 24.3 Å². The number of nitrogens with zero attached hydrogens (tertiary/aromatic N) is 1. The summed E-state index contributed by atoms with van der Waals surface area (Å²) in [6.45, 7) is 7.56. The highest BCUT2D eigenvalue weighted by atomic mass is 19.4. The summed E-state index contributed by atoms with van der Waals surface area (Å²) in [4.78, 5) is 13.9. The van der Waals surface area contributed by atoms with Gasteiger partial charge in [0.1, 0.15) is 11.5 Å². The highest BCUT2D eigenvalue weighted by molar-refractivity contribution is 5.78. The number of carbonyl (C=O) groups is 1. The Bertz CT molecular complexity index is 555. The van der Waals surface area contributed by atoms with Crippen LogP contribution in [-0.2, 0) is 4.79 Å². The van der Waals surface area contributed by atoms with Gasteiger partial charge in [-0.2, -0.15) is 0 Å². The van der Waals surface area contributed by atoms with Gasteiger partial charge in [-0.25, -0.2) is 0 Å². The van der Waals surface area contributed by atoms with Crippen molar-refractivity contribution in [1.82, 2.24) is 4.90 Å². The maximum atomic E-state index is 12.1. The third kappa shape index (κ3) is 4.77. The molecule has 1 amide bonds. The molecule has 0 spiro atoms. The number of likely N-dealkylation sites (tertiary alicyclic amines) is 1. The van der Waals surface area contributed by atoms with Gasteiger partial charge in [0.2, 0.25) is 0 Å². The molecule has 1 unspecified atom stereocenters. The van der Waals surface area contributed by atoms with E-state index in [0.29, 0.717) is 24.8 Å². The van der Waals surface area contributed by atoms with Crippen LogP contribution in [0.1, 0.15) is 20.8 Å². The van der Waals surface area contributed by atoms with Crippen LogP contribution < -0.4 is 9.47 Å². The number of hydrogen-bond acceptors (Lipinski definition) is 3. The fourth-order valence-corrected chi connectivity index (χ4v) is 2.45. The minimum absolute atomic E-state index is 0.0756. The summed E-state index contributed by atoms with van der Waals surface area (Å²) in [5.41, 5.74) is 0.0756. The van der Waals surface area contributed by atoms with Crippen LogP contribution in [0, 0.1) is 11.3 Å². The predicted octanol–water partition coefficient (Wildman–Crippen LogP) is 3.47. The van der Waals surface area contributed by atoms with E-state index in [1.165, 1.54) is 12.1 Å². The number of benzene rings is 1. The lowest BCUT2D eigenvalue weighted by Crippen LogP contribution is -2.34. The standard InChI is InChI=1S/C16H20F3NO3/c1-11-8-20(10-15(11,2)3)14(21)9-22-12-4-6-13(7-5-12)23-16(17,18)19/h4-7,11H,8-10H2,1-3H3. The Balaban J connectivity index is 1.85. The van der Waals surface area contributed by atoms with Crippen molar-refractivity contribution in [2.75, 3.05) is 19.7 Å². The van der Waals surface area contributed by atoms with Crippen LogP contribution in [0.2, 0.25) is 0 Å². The Kier molecular flexibility index (Phi) is 4.77. The molecule has 1 fully saturated rings. The van der Waals surface area contributed by atoms with Crippen LogP contribution in [0.25, 0.3) is 0 Å². The Morgan fingerprint density at radius 1 is 1.26 bits per heavy atom. The zero-order valence-electron chi connectivity index (χ0n) is 13.3. The van der Waals surface area contributed by atoms with E-state index in [9.17, 15) is 18.0 Å². The molecule has 7 heteroatoms. The van der Waals surface area contributed by atoms with Crippen molar-refractivity contribution in [3.63, 3.8) is 0 Å². The van der Waals surface area contributed by atoms with E-state index in [0.717, 1.165) is 12.1 Å². The number of rotatable bonds is 4. The predicted molar refractivity (Wildman–Crippen MR) is 78.1 cm³/mol. The second-order valence-electron chi connectivity index (χ2n) is 6.47. The first-order valence-electron chi connectivity index (χ1n) is 7.33. The molecule has 4 nitrogen and oxygen atoms in total. The molecule has 0 saturated carbocycles. The number of carbonyl (C=O) groups excluding carboxylic acids is 1. The number of hydrogen-bond donors (Lipinski definition) is 0. The van der Waals surface area contributed by atoms with Crippen molar-refractivity contribution in [3.8, 4) is 11.5 Å². The SMILES string of the molecule is CC1CN(C(=O)COc2ccc(OC(F)(F)F)cc2)CC1(C)C. The molecule has 0 N–H and O–H groups in total. The van der Waals surface area contributed by atoms with Crippen molar-refractivity contribution in [3.05, 3.63) is 24.3 Å². The largest absolute Gasteiger partial charge is 0.573 e. The van der Waals surface area contributed by atoms with Crippen molar-refractivity contribution >= 4 is 5.91 Å². The quantitative estimate of drug-likeness (QED) is 0.848. The van der Waals surface area contributed by atoms with Gasteiger partial charge in [0, 0.05) is 13.1 Å². The monoisotopic (exact) mass is 331 g/mol. The third-order valence-electron chi connectivity index (χ3n) is 4.20. The van der Waals surface area contributed by atoms with Crippen molar-refractivity contribution in [2.24, 2.45) is 11.3 Å². The Labute approximate surface area is 133 Å². The summed E-state index contributed by atoms with van der Waals surface area (Å²) < 4.78 is 45.3. The Hall–Kier alpha value is -1.92. The molecule has 1 aromatic carbocycles. The molecular formula is C16H20F3NO3. The van der Waals surface area contributed by atoms with Gasteiger partial charge in [0.25, 0.3) is 5.91 Å². The van der Waals surface area contributed by atoms with E-state index >= 15 is 0 Å².